The van der Waals surface area contributed by atoms with Crippen molar-refractivity contribution in [3.05, 3.63) is 0 Å². The van der Waals surface area contributed by atoms with Crippen LogP contribution >= 0.6 is 15.9 Å². The summed E-state index contributed by atoms with van der Waals surface area (Å²) in [6, 6.07) is 0. The van der Waals surface area contributed by atoms with E-state index in [0.717, 1.165) is 6.54 Å². The van der Waals surface area contributed by atoms with Gasteiger partial charge in [0.05, 0.1) is 0 Å². The Morgan fingerprint density at radius 1 is 1.08 bits per heavy atom. The van der Waals surface area contributed by atoms with Gasteiger partial charge in [-0.15, -0.1) is 0 Å². The largest absolute Gasteiger partial charge is 0.311 e. The molecule has 0 radical (unpaired) electrons. The molecule has 0 aromatic heterocycles. The molecule has 0 saturated heterocycles. The lowest BCUT2D eigenvalue weighted by Gasteiger charge is -2.29. The van der Waals surface area contributed by atoms with E-state index >= 15 is 0 Å². The van der Waals surface area contributed by atoms with Crippen molar-refractivity contribution >= 4 is 15.9 Å². The molecule has 0 amide bonds. The second-order valence-electron chi connectivity index (χ2n) is 5.46. The summed E-state index contributed by atoms with van der Waals surface area (Å²) in [4.78, 5) is 0.532. The minimum atomic E-state index is 0.220. The molecule has 74 valence electrons. The lowest BCUT2D eigenvalue weighted by molar-refractivity contribution is 0.347. The molecule has 1 nitrogen and oxygen atoms in total. The van der Waals surface area contributed by atoms with E-state index in [0.29, 0.717) is 10.2 Å². The third kappa shape index (κ3) is 6.01. The Bertz CT molecular complexity index is 130. The average molecular weight is 236 g/mol. The first-order valence-corrected chi connectivity index (χ1v) is 5.43. The molecular weight excluding hydrogens is 214 g/mol. The zero-order valence-corrected chi connectivity index (χ0v) is 10.7. The van der Waals surface area contributed by atoms with Crippen LogP contribution in [0.4, 0.5) is 0 Å². The van der Waals surface area contributed by atoms with Gasteiger partial charge in [0.25, 0.3) is 0 Å². The summed E-state index contributed by atoms with van der Waals surface area (Å²) < 4.78 is 0. The van der Waals surface area contributed by atoms with Crippen LogP contribution < -0.4 is 5.32 Å². The van der Waals surface area contributed by atoms with Crippen molar-refractivity contribution in [2.75, 3.05) is 6.54 Å². The van der Waals surface area contributed by atoms with Crippen molar-refractivity contribution in [1.82, 2.24) is 5.32 Å². The Morgan fingerprint density at radius 2 is 1.50 bits per heavy atom. The maximum Gasteiger partial charge on any atom is 0.0319 e. The molecule has 0 rings (SSSR count). The first-order chi connectivity index (χ1) is 5.13. The number of hydrogen-bond acceptors (Lipinski definition) is 1. The number of halogens is 1. The molecule has 0 saturated carbocycles. The van der Waals surface area contributed by atoms with Crippen LogP contribution in [-0.4, -0.2) is 16.9 Å². The SMILES string of the molecule is CC(C)(C)NCC(Br)C(C)(C)C. The van der Waals surface area contributed by atoms with E-state index in [1.54, 1.807) is 0 Å². The van der Waals surface area contributed by atoms with Crippen molar-refractivity contribution in [3.63, 3.8) is 0 Å². The number of hydrogen-bond donors (Lipinski definition) is 1. The topological polar surface area (TPSA) is 12.0 Å². The maximum absolute atomic E-state index is 3.69. The van der Waals surface area contributed by atoms with Crippen LogP contribution in [0.3, 0.4) is 0 Å². The molecule has 2 heteroatoms. The van der Waals surface area contributed by atoms with Crippen molar-refractivity contribution in [1.29, 1.82) is 0 Å². The van der Waals surface area contributed by atoms with E-state index in [-0.39, 0.29) is 5.54 Å². The number of rotatable bonds is 2. The molecule has 1 N–H and O–H groups in total. The summed E-state index contributed by atoms with van der Waals surface area (Å²) >= 11 is 3.69. The van der Waals surface area contributed by atoms with Crippen molar-refractivity contribution in [3.8, 4) is 0 Å². The summed E-state index contributed by atoms with van der Waals surface area (Å²) in [6.07, 6.45) is 0. The molecule has 0 aromatic carbocycles. The molecule has 12 heavy (non-hydrogen) atoms. The molecule has 0 spiro atoms. The third-order valence-corrected chi connectivity index (χ3v) is 3.45. The predicted molar refractivity (Wildman–Crippen MR) is 59.9 cm³/mol. The smallest absolute Gasteiger partial charge is 0.0319 e. The van der Waals surface area contributed by atoms with Crippen LogP contribution in [0.15, 0.2) is 0 Å². The highest BCUT2D eigenvalue weighted by atomic mass is 79.9. The predicted octanol–water partition coefficient (Wildman–Crippen LogP) is 3.18. The fraction of sp³-hybridized carbons (Fsp3) is 1.00. The van der Waals surface area contributed by atoms with Gasteiger partial charge < -0.3 is 5.32 Å². The fourth-order valence-electron chi connectivity index (χ4n) is 0.702. The molecule has 0 heterocycles. The van der Waals surface area contributed by atoms with E-state index in [1.165, 1.54) is 0 Å². The molecular formula is C10H22BrN. The Kier molecular flexibility index (Phi) is 4.25. The standard InChI is InChI=1S/C10H22BrN/c1-9(2,3)8(11)7-12-10(4,5)6/h8,12H,7H2,1-6H3. The molecule has 1 atom stereocenters. The van der Waals surface area contributed by atoms with Crippen molar-refractivity contribution in [2.24, 2.45) is 5.41 Å². The van der Waals surface area contributed by atoms with Gasteiger partial charge in [0.2, 0.25) is 0 Å². The van der Waals surface area contributed by atoms with Crippen LogP contribution in [0.5, 0.6) is 0 Å². The maximum atomic E-state index is 3.69. The first kappa shape index (κ1) is 12.4. The molecule has 0 fully saturated rings. The highest BCUT2D eigenvalue weighted by molar-refractivity contribution is 9.09. The Labute approximate surface area is 85.4 Å². The zero-order valence-electron chi connectivity index (χ0n) is 9.16. The van der Waals surface area contributed by atoms with Crippen LogP contribution in [0, 0.1) is 5.41 Å². The summed E-state index contributed by atoms with van der Waals surface area (Å²) in [5.74, 6) is 0. The Morgan fingerprint density at radius 3 is 1.75 bits per heavy atom. The molecule has 0 aliphatic carbocycles. The Hall–Kier alpha value is 0.440. The minimum Gasteiger partial charge on any atom is -0.311 e. The van der Waals surface area contributed by atoms with Crippen molar-refractivity contribution in [2.45, 2.75) is 51.9 Å². The Balaban J connectivity index is 3.80. The fourth-order valence-corrected chi connectivity index (χ4v) is 0.864. The summed E-state index contributed by atoms with van der Waals surface area (Å²) in [7, 11) is 0. The lowest BCUT2D eigenvalue weighted by atomic mass is 9.92. The monoisotopic (exact) mass is 235 g/mol. The van der Waals surface area contributed by atoms with E-state index in [2.05, 4.69) is 62.8 Å². The van der Waals surface area contributed by atoms with E-state index in [9.17, 15) is 0 Å². The van der Waals surface area contributed by atoms with Gasteiger partial charge in [-0.1, -0.05) is 36.7 Å². The van der Waals surface area contributed by atoms with Crippen LogP contribution in [0.1, 0.15) is 41.5 Å². The molecule has 1 unspecified atom stereocenters. The third-order valence-electron chi connectivity index (χ3n) is 1.75. The summed E-state index contributed by atoms with van der Waals surface area (Å²) in [5.41, 5.74) is 0.551. The highest BCUT2D eigenvalue weighted by Gasteiger charge is 2.22. The van der Waals surface area contributed by atoms with E-state index < -0.39 is 0 Å². The minimum absolute atomic E-state index is 0.220. The molecule has 0 aliphatic heterocycles. The van der Waals surface area contributed by atoms with Gasteiger partial charge in [0.15, 0.2) is 0 Å². The van der Waals surface area contributed by atoms with Gasteiger partial charge in [0.1, 0.15) is 0 Å². The normalized spacial score (nSPS) is 16.2. The van der Waals surface area contributed by atoms with Crippen molar-refractivity contribution < 1.29 is 0 Å². The quantitative estimate of drug-likeness (QED) is 0.726. The van der Waals surface area contributed by atoms with E-state index in [4.69, 9.17) is 0 Å². The molecule has 0 aromatic rings. The van der Waals surface area contributed by atoms with Gasteiger partial charge in [0, 0.05) is 16.9 Å². The summed E-state index contributed by atoms with van der Waals surface area (Å²) in [6.45, 7) is 14.3. The van der Waals surface area contributed by atoms with Gasteiger partial charge >= 0.3 is 0 Å². The average Bonchev–Trinajstić information content (AvgIpc) is 1.78. The van der Waals surface area contributed by atoms with E-state index in [1.807, 2.05) is 0 Å². The zero-order chi connectivity index (χ0) is 9.99. The first-order valence-electron chi connectivity index (χ1n) is 4.52. The van der Waals surface area contributed by atoms with Crippen LogP contribution in [0.25, 0.3) is 0 Å². The molecule has 0 bridgehead atoms. The van der Waals surface area contributed by atoms with Crippen LogP contribution in [0.2, 0.25) is 0 Å². The second kappa shape index (κ2) is 4.10. The van der Waals surface area contributed by atoms with Gasteiger partial charge in [-0.25, -0.2) is 0 Å². The second-order valence-corrected chi connectivity index (χ2v) is 6.57. The number of alkyl halides is 1. The van der Waals surface area contributed by atoms with Crippen LogP contribution in [-0.2, 0) is 0 Å². The number of nitrogens with one attached hydrogen (secondary N) is 1. The lowest BCUT2D eigenvalue weighted by Crippen LogP contribution is -2.42. The highest BCUT2D eigenvalue weighted by Crippen LogP contribution is 2.25. The van der Waals surface area contributed by atoms with Gasteiger partial charge in [-0.05, 0) is 26.2 Å². The van der Waals surface area contributed by atoms with Gasteiger partial charge in [-0.2, -0.15) is 0 Å². The molecule has 0 aliphatic rings. The summed E-state index contributed by atoms with van der Waals surface area (Å²) in [5, 5.41) is 3.48. The van der Waals surface area contributed by atoms with Gasteiger partial charge in [-0.3, -0.25) is 0 Å².